The minimum Gasteiger partial charge on any atom is -0.528 e. The molecule has 1 fully saturated rings. The minimum absolute atomic E-state index is 0.0710. The van der Waals surface area contributed by atoms with Gasteiger partial charge in [-0.25, -0.2) is 14.5 Å². The third kappa shape index (κ3) is 2.90. The van der Waals surface area contributed by atoms with Crippen LogP contribution in [-0.4, -0.2) is 51.9 Å². The fourth-order valence-electron chi connectivity index (χ4n) is 3.06. The molecule has 0 spiro atoms. The number of aromatic nitrogens is 4. The van der Waals surface area contributed by atoms with Crippen LogP contribution in [0.2, 0.25) is 0 Å². The maximum atomic E-state index is 12.4. The van der Waals surface area contributed by atoms with Gasteiger partial charge in [0.1, 0.15) is 11.2 Å². The van der Waals surface area contributed by atoms with Crippen molar-refractivity contribution in [2.75, 3.05) is 13.1 Å². The fraction of sp³-hybridized carbons (Fsp3) is 0.600. The summed E-state index contributed by atoms with van der Waals surface area (Å²) >= 11 is 0. The largest absolute Gasteiger partial charge is 0.528 e. The highest BCUT2D eigenvalue weighted by atomic mass is 16.5. The summed E-state index contributed by atoms with van der Waals surface area (Å²) in [5, 5.41) is 4.76. The van der Waals surface area contributed by atoms with Gasteiger partial charge in [-0.15, -0.1) is 0 Å². The molecule has 1 aliphatic heterocycles. The van der Waals surface area contributed by atoms with E-state index in [9.17, 15) is 9.59 Å². The van der Waals surface area contributed by atoms with E-state index < -0.39 is 6.09 Å². The van der Waals surface area contributed by atoms with Crippen LogP contribution in [-0.2, 0) is 10.2 Å². The Morgan fingerprint density at radius 2 is 2.21 bits per heavy atom. The predicted octanol–water partition coefficient (Wildman–Crippen LogP) is 1.27. The Kier molecular flexibility index (Phi) is 4.10. The number of carbonyl (C=O) groups excluding carboxylic acids is 1. The molecule has 2 aromatic rings. The normalized spacial score (nSPS) is 18.8. The molecule has 1 amide bonds. The van der Waals surface area contributed by atoms with E-state index >= 15 is 0 Å². The zero-order valence-electron chi connectivity index (χ0n) is 14.1. The van der Waals surface area contributed by atoms with E-state index in [0.717, 1.165) is 12.8 Å². The summed E-state index contributed by atoms with van der Waals surface area (Å²) in [6.45, 7) is 7.00. The average Bonchev–Trinajstić information content (AvgIpc) is 2.99. The number of carbonyl (C=O) groups is 1. The van der Waals surface area contributed by atoms with Gasteiger partial charge in [0.2, 0.25) is 0 Å². The van der Waals surface area contributed by atoms with Crippen molar-refractivity contribution in [2.24, 2.45) is 0 Å². The highest BCUT2D eigenvalue weighted by molar-refractivity contribution is 6.05. The number of piperidine rings is 1. The molecule has 1 atom stereocenters. The first-order chi connectivity index (χ1) is 11.3. The first kappa shape index (κ1) is 16.5. The Morgan fingerprint density at radius 3 is 2.88 bits per heavy atom. The van der Waals surface area contributed by atoms with Crippen LogP contribution in [0.3, 0.4) is 0 Å². The zero-order valence-corrected chi connectivity index (χ0v) is 14.1. The maximum Gasteiger partial charge on any atom is 0.391 e. The number of aromatic amines is 1. The lowest BCUT2D eigenvalue weighted by atomic mass is 9.97. The molecule has 2 aromatic heterocycles. The van der Waals surface area contributed by atoms with E-state index in [0.29, 0.717) is 29.9 Å². The van der Waals surface area contributed by atoms with E-state index in [1.807, 2.05) is 20.8 Å². The van der Waals surface area contributed by atoms with Gasteiger partial charge >= 0.3 is 14.1 Å². The lowest BCUT2D eigenvalue weighted by molar-refractivity contribution is 0.139. The molecule has 3 heterocycles. The quantitative estimate of drug-likeness (QED) is 0.796. The second-order valence-corrected chi connectivity index (χ2v) is 7.08. The molecule has 0 aliphatic carbocycles. The summed E-state index contributed by atoms with van der Waals surface area (Å²) in [6, 6.07) is 0. The van der Waals surface area contributed by atoms with Gasteiger partial charge in [0, 0.05) is 19.0 Å². The van der Waals surface area contributed by atoms with Crippen molar-refractivity contribution in [3.8, 4) is 0 Å². The first-order valence-corrected chi connectivity index (χ1v) is 7.95. The average molecular weight is 329 g/mol. The second-order valence-electron chi connectivity index (χ2n) is 7.08. The number of fused-ring (bicyclic) bond motifs is 1. The van der Waals surface area contributed by atoms with Crippen molar-refractivity contribution in [3.63, 3.8) is 0 Å². The molecule has 1 saturated heterocycles. The maximum absolute atomic E-state index is 12.4. The van der Waals surface area contributed by atoms with Gasteiger partial charge in [0.05, 0.1) is 11.7 Å². The van der Waals surface area contributed by atoms with Crippen molar-refractivity contribution >= 4 is 25.2 Å². The van der Waals surface area contributed by atoms with Crippen LogP contribution in [0.25, 0.3) is 11.0 Å². The number of nitrogens with one attached hydrogen (secondary N) is 1. The summed E-state index contributed by atoms with van der Waals surface area (Å²) in [6.07, 6.45) is 2.59. The van der Waals surface area contributed by atoms with Crippen LogP contribution in [0.5, 0.6) is 0 Å². The van der Waals surface area contributed by atoms with Gasteiger partial charge in [0.25, 0.3) is 5.56 Å². The van der Waals surface area contributed by atoms with Crippen LogP contribution in [0, 0.1) is 0 Å². The van der Waals surface area contributed by atoms with E-state index in [4.69, 9.17) is 8.05 Å². The molecule has 1 unspecified atom stereocenters. The van der Waals surface area contributed by atoms with E-state index in [1.54, 1.807) is 4.68 Å². The summed E-state index contributed by atoms with van der Waals surface area (Å²) in [5.74, 6) is 0.492. The molecule has 24 heavy (non-hydrogen) atoms. The number of likely N-dealkylation sites (tertiary alicyclic amines) is 1. The van der Waals surface area contributed by atoms with Crippen LogP contribution >= 0.6 is 0 Å². The van der Waals surface area contributed by atoms with Crippen LogP contribution in [0.1, 0.15) is 45.4 Å². The Balaban J connectivity index is 2.01. The van der Waals surface area contributed by atoms with Crippen molar-refractivity contribution in [3.05, 3.63) is 22.4 Å². The molecule has 9 heteroatoms. The van der Waals surface area contributed by atoms with Gasteiger partial charge in [-0.1, -0.05) is 0 Å². The molecule has 3 rings (SSSR count). The summed E-state index contributed by atoms with van der Waals surface area (Å²) in [5.41, 5.74) is 0.0469. The van der Waals surface area contributed by atoms with Gasteiger partial charge < -0.3 is 14.5 Å². The Hall–Kier alpha value is -2.32. The van der Waals surface area contributed by atoms with E-state index in [1.165, 1.54) is 11.1 Å². The highest BCUT2D eigenvalue weighted by Crippen LogP contribution is 2.26. The number of nitrogens with zero attached hydrogens (tertiary/aromatic N) is 4. The Labute approximate surface area is 140 Å². The summed E-state index contributed by atoms with van der Waals surface area (Å²) < 4.78 is 6.05. The lowest BCUT2D eigenvalue weighted by Crippen LogP contribution is -2.40. The van der Waals surface area contributed by atoms with Crippen LogP contribution < -0.4 is 5.56 Å². The molecule has 126 valence electrons. The topological polar surface area (TPSA) is 93.1 Å². The van der Waals surface area contributed by atoms with Gasteiger partial charge in [-0.3, -0.25) is 4.79 Å². The molecular formula is C15H20BN5O3. The Bertz CT molecular complexity index is 823. The zero-order chi connectivity index (χ0) is 17.5. The number of rotatable bonds is 1. The van der Waals surface area contributed by atoms with Crippen molar-refractivity contribution in [1.82, 2.24) is 24.6 Å². The fourth-order valence-corrected chi connectivity index (χ4v) is 3.06. The SMILES string of the molecule is [B]OC(=O)N1CCCC(c2nc3c(cnn3C(C)(C)C)c(=O)[nH]2)C1. The summed E-state index contributed by atoms with van der Waals surface area (Å²) in [4.78, 5) is 33.0. The third-order valence-electron chi connectivity index (χ3n) is 4.26. The van der Waals surface area contributed by atoms with Crippen molar-refractivity contribution in [2.45, 2.75) is 45.1 Å². The third-order valence-corrected chi connectivity index (χ3v) is 4.26. The molecule has 0 bridgehead atoms. The molecular weight excluding hydrogens is 309 g/mol. The number of hydrogen-bond acceptors (Lipinski definition) is 5. The van der Waals surface area contributed by atoms with Crippen LogP contribution in [0.4, 0.5) is 4.79 Å². The number of H-pyrrole nitrogens is 1. The molecule has 0 saturated carbocycles. The standard InChI is InChI=1S/C15H20BN5O3/c1-15(2,3)21-12-10(7-17-21)13(22)19-11(18-12)9-5-4-6-20(8-9)14(23)24-16/h7,9H,4-6,8H2,1-3H3,(H,18,19,22). The molecule has 1 N–H and O–H groups in total. The minimum atomic E-state index is -0.567. The van der Waals surface area contributed by atoms with Crippen molar-refractivity contribution < 1.29 is 9.45 Å². The van der Waals surface area contributed by atoms with Gasteiger partial charge in [-0.05, 0) is 33.6 Å². The van der Waals surface area contributed by atoms with Gasteiger partial charge in [-0.2, -0.15) is 5.10 Å². The van der Waals surface area contributed by atoms with E-state index in [-0.39, 0.29) is 17.0 Å². The molecule has 0 aromatic carbocycles. The van der Waals surface area contributed by atoms with Gasteiger partial charge in [0.15, 0.2) is 5.65 Å². The number of hydrogen-bond donors (Lipinski definition) is 1. The molecule has 2 radical (unpaired) electrons. The smallest absolute Gasteiger partial charge is 0.391 e. The lowest BCUT2D eigenvalue weighted by Gasteiger charge is -2.31. The van der Waals surface area contributed by atoms with E-state index in [2.05, 4.69) is 19.7 Å². The number of amides is 1. The second kappa shape index (κ2) is 5.96. The molecule has 1 aliphatic rings. The highest BCUT2D eigenvalue weighted by Gasteiger charge is 2.28. The first-order valence-electron chi connectivity index (χ1n) is 7.95. The van der Waals surface area contributed by atoms with Crippen molar-refractivity contribution in [1.29, 1.82) is 0 Å². The molecule has 8 nitrogen and oxygen atoms in total. The predicted molar refractivity (Wildman–Crippen MR) is 88.9 cm³/mol. The summed E-state index contributed by atoms with van der Waals surface area (Å²) in [7, 11) is 4.96. The monoisotopic (exact) mass is 329 g/mol. The Morgan fingerprint density at radius 1 is 1.46 bits per heavy atom. The van der Waals surface area contributed by atoms with Crippen LogP contribution in [0.15, 0.2) is 11.0 Å².